The Kier molecular flexibility index (Phi) is 2.58. The highest BCUT2D eigenvalue weighted by Gasteiger charge is 2.16. The van der Waals surface area contributed by atoms with E-state index in [0.29, 0.717) is 5.69 Å². The van der Waals surface area contributed by atoms with Gasteiger partial charge in [-0.05, 0) is 49.5 Å². The molecule has 2 nitrogen and oxygen atoms in total. The number of nitrogens with two attached hydrogens (primary N) is 1. The molecule has 0 fully saturated rings. The second-order valence-electron chi connectivity index (χ2n) is 4.03. The number of anilines is 1. The van der Waals surface area contributed by atoms with Gasteiger partial charge in [-0.15, -0.1) is 0 Å². The molecule has 0 saturated carbocycles. The average molecular weight is 201 g/mol. The molecule has 0 atom stereocenters. The van der Waals surface area contributed by atoms with Gasteiger partial charge in [-0.1, -0.05) is 12.1 Å². The lowest BCUT2D eigenvalue weighted by atomic mass is 9.98. The van der Waals surface area contributed by atoms with Crippen molar-refractivity contribution in [2.24, 2.45) is 0 Å². The standard InChI is InChI=1S/C13H15NO/c1-9-6-7-11(14)8-12(9)13(15)10-4-2-3-5-10/h4,6-8H,2-3,5,14H2,1H3. The fourth-order valence-corrected chi connectivity index (χ4v) is 1.93. The van der Waals surface area contributed by atoms with Gasteiger partial charge in [0.15, 0.2) is 5.78 Å². The highest BCUT2D eigenvalue weighted by Crippen LogP contribution is 2.24. The van der Waals surface area contributed by atoms with E-state index in [1.807, 2.05) is 25.1 Å². The molecular weight excluding hydrogens is 186 g/mol. The zero-order chi connectivity index (χ0) is 10.8. The van der Waals surface area contributed by atoms with Crippen molar-refractivity contribution in [3.63, 3.8) is 0 Å². The Morgan fingerprint density at radius 2 is 2.20 bits per heavy atom. The Morgan fingerprint density at radius 3 is 2.87 bits per heavy atom. The van der Waals surface area contributed by atoms with Gasteiger partial charge in [0.2, 0.25) is 0 Å². The third-order valence-corrected chi connectivity index (χ3v) is 2.84. The molecule has 1 aliphatic rings. The summed E-state index contributed by atoms with van der Waals surface area (Å²) >= 11 is 0. The fourth-order valence-electron chi connectivity index (χ4n) is 1.93. The summed E-state index contributed by atoms with van der Waals surface area (Å²) in [6.07, 6.45) is 5.09. The van der Waals surface area contributed by atoms with Crippen LogP contribution in [0.15, 0.2) is 29.8 Å². The zero-order valence-corrected chi connectivity index (χ0v) is 8.92. The number of benzene rings is 1. The van der Waals surface area contributed by atoms with E-state index in [1.54, 1.807) is 6.07 Å². The molecule has 2 N–H and O–H groups in total. The van der Waals surface area contributed by atoms with Crippen LogP contribution in [0.4, 0.5) is 5.69 Å². The molecule has 0 aliphatic heterocycles. The molecule has 2 rings (SSSR count). The number of rotatable bonds is 2. The second-order valence-corrected chi connectivity index (χ2v) is 4.03. The van der Waals surface area contributed by atoms with Crippen molar-refractivity contribution in [1.82, 2.24) is 0 Å². The highest BCUT2D eigenvalue weighted by atomic mass is 16.1. The molecule has 0 aromatic heterocycles. The molecule has 0 spiro atoms. The van der Waals surface area contributed by atoms with Gasteiger partial charge in [0.1, 0.15) is 0 Å². The highest BCUT2D eigenvalue weighted by molar-refractivity contribution is 6.10. The Balaban J connectivity index is 2.36. The predicted molar refractivity (Wildman–Crippen MR) is 61.9 cm³/mol. The lowest BCUT2D eigenvalue weighted by Gasteiger charge is -2.06. The van der Waals surface area contributed by atoms with Crippen LogP contribution in [0.2, 0.25) is 0 Å². The number of ketones is 1. The van der Waals surface area contributed by atoms with Crippen LogP contribution in [-0.2, 0) is 0 Å². The van der Waals surface area contributed by atoms with E-state index in [-0.39, 0.29) is 5.78 Å². The van der Waals surface area contributed by atoms with Crippen molar-refractivity contribution >= 4 is 11.5 Å². The van der Waals surface area contributed by atoms with Crippen LogP contribution in [-0.4, -0.2) is 5.78 Å². The van der Waals surface area contributed by atoms with Crippen molar-refractivity contribution in [2.45, 2.75) is 26.2 Å². The minimum atomic E-state index is 0.150. The number of nitrogen functional groups attached to an aromatic ring is 1. The minimum Gasteiger partial charge on any atom is -0.399 e. The molecule has 0 amide bonds. The first-order valence-corrected chi connectivity index (χ1v) is 5.28. The van der Waals surface area contributed by atoms with Crippen LogP contribution in [0.1, 0.15) is 35.2 Å². The van der Waals surface area contributed by atoms with Crippen LogP contribution in [0.25, 0.3) is 0 Å². The number of aryl methyl sites for hydroxylation is 1. The number of Topliss-reactive ketones (excluding diaryl/α,β-unsaturated/α-hetero) is 1. The molecular formula is C13H15NO. The second kappa shape index (κ2) is 3.89. The van der Waals surface area contributed by atoms with Crippen LogP contribution in [0.5, 0.6) is 0 Å². The number of carbonyl (C=O) groups is 1. The maximum absolute atomic E-state index is 12.1. The van der Waals surface area contributed by atoms with Crippen LogP contribution >= 0.6 is 0 Å². The predicted octanol–water partition coefficient (Wildman–Crippen LogP) is 2.87. The normalized spacial score (nSPS) is 15.1. The largest absolute Gasteiger partial charge is 0.399 e. The van der Waals surface area contributed by atoms with Gasteiger partial charge in [-0.25, -0.2) is 0 Å². The van der Waals surface area contributed by atoms with Gasteiger partial charge >= 0.3 is 0 Å². The first-order chi connectivity index (χ1) is 7.18. The smallest absolute Gasteiger partial charge is 0.189 e. The molecule has 78 valence electrons. The van der Waals surface area contributed by atoms with E-state index in [4.69, 9.17) is 5.73 Å². The van der Waals surface area contributed by atoms with Crippen molar-refractivity contribution in [3.8, 4) is 0 Å². The first kappa shape index (κ1) is 9.97. The van der Waals surface area contributed by atoms with Gasteiger partial charge in [-0.2, -0.15) is 0 Å². The number of hydrogen-bond acceptors (Lipinski definition) is 2. The summed E-state index contributed by atoms with van der Waals surface area (Å²) in [5.41, 5.74) is 9.05. The summed E-state index contributed by atoms with van der Waals surface area (Å²) in [7, 11) is 0. The van der Waals surface area contributed by atoms with Crippen molar-refractivity contribution in [2.75, 3.05) is 5.73 Å². The van der Waals surface area contributed by atoms with Crippen LogP contribution < -0.4 is 5.73 Å². The maximum atomic E-state index is 12.1. The number of hydrogen-bond donors (Lipinski definition) is 1. The Hall–Kier alpha value is -1.57. The molecule has 0 radical (unpaired) electrons. The van der Waals surface area contributed by atoms with Gasteiger partial charge in [0, 0.05) is 11.3 Å². The summed E-state index contributed by atoms with van der Waals surface area (Å²) in [4.78, 5) is 12.1. The molecule has 0 bridgehead atoms. The number of allylic oxidation sites excluding steroid dienone is 2. The third kappa shape index (κ3) is 1.94. The van der Waals surface area contributed by atoms with E-state index < -0.39 is 0 Å². The Labute approximate surface area is 89.8 Å². The summed E-state index contributed by atoms with van der Waals surface area (Å²) in [6.45, 7) is 1.95. The molecule has 0 unspecified atom stereocenters. The summed E-state index contributed by atoms with van der Waals surface area (Å²) in [5.74, 6) is 0.150. The summed E-state index contributed by atoms with van der Waals surface area (Å²) in [5, 5.41) is 0. The van der Waals surface area contributed by atoms with Gasteiger partial charge < -0.3 is 5.73 Å². The quantitative estimate of drug-likeness (QED) is 0.590. The van der Waals surface area contributed by atoms with Gasteiger partial charge in [0.25, 0.3) is 0 Å². The molecule has 1 aromatic carbocycles. The summed E-state index contributed by atoms with van der Waals surface area (Å²) in [6, 6.07) is 5.50. The van der Waals surface area contributed by atoms with Crippen molar-refractivity contribution < 1.29 is 4.79 Å². The van der Waals surface area contributed by atoms with Crippen molar-refractivity contribution in [1.29, 1.82) is 0 Å². The van der Waals surface area contributed by atoms with Crippen molar-refractivity contribution in [3.05, 3.63) is 41.0 Å². The average Bonchev–Trinajstić information content (AvgIpc) is 2.74. The maximum Gasteiger partial charge on any atom is 0.189 e. The van der Waals surface area contributed by atoms with Crippen LogP contribution in [0, 0.1) is 6.92 Å². The molecule has 1 aliphatic carbocycles. The minimum absolute atomic E-state index is 0.150. The zero-order valence-electron chi connectivity index (χ0n) is 8.92. The molecule has 15 heavy (non-hydrogen) atoms. The van der Waals surface area contributed by atoms with E-state index in [2.05, 4.69) is 0 Å². The van der Waals surface area contributed by atoms with E-state index in [0.717, 1.165) is 36.0 Å². The van der Waals surface area contributed by atoms with E-state index in [9.17, 15) is 4.79 Å². The summed E-state index contributed by atoms with van der Waals surface area (Å²) < 4.78 is 0. The molecule has 2 heteroatoms. The first-order valence-electron chi connectivity index (χ1n) is 5.28. The third-order valence-electron chi connectivity index (χ3n) is 2.84. The monoisotopic (exact) mass is 201 g/mol. The van der Waals surface area contributed by atoms with Gasteiger partial charge in [-0.3, -0.25) is 4.79 Å². The lowest BCUT2D eigenvalue weighted by Crippen LogP contribution is -2.04. The Bertz CT molecular complexity index is 432. The molecule has 0 saturated heterocycles. The molecule has 0 heterocycles. The lowest BCUT2D eigenvalue weighted by molar-refractivity contribution is 0.103. The van der Waals surface area contributed by atoms with Crippen LogP contribution in [0.3, 0.4) is 0 Å². The topological polar surface area (TPSA) is 43.1 Å². The Morgan fingerprint density at radius 1 is 1.40 bits per heavy atom. The van der Waals surface area contributed by atoms with E-state index in [1.165, 1.54) is 0 Å². The fraction of sp³-hybridized carbons (Fsp3) is 0.308. The number of carbonyl (C=O) groups excluding carboxylic acids is 1. The van der Waals surface area contributed by atoms with Gasteiger partial charge in [0.05, 0.1) is 0 Å². The molecule has 1 aromatic rings. The van der Waals surface area contributed by atoms with E-state index >= 15 is 0 Å². The SMILES string of the molecule is Cc1ccc(N)cc1C(=O)C1=CCCC1.